The van der Waals surface area contributed by atoms with Crippen LogP contribution >= 0.6 is 0 Å². The van der Waals surface area contributed by atoms with Crippen molar-refractivity contribution in [3.05, 3.63) is 166 Å². The smallest absolute Gasteiger partial charge is 0.353 e. The number of aromatic nitrogens is 4. The summed E-state index contributed by atoms with van der Waals surface area (Å²) in [7, 11) is 3.09. The molecule has 0 atom stereocenters. The van der Waals surface area contributed by atoms with Crippen molar-refractivity contribution < 1.29 is 23.3 Å². The van der Waals surface area contributed by atoms with Crippen LogP contribution in [0.25, 0.3) is 16.8 Å². The summed E-state index contributed by atoms with van der Waals surface area (Å²) in [6.07, 6.45) is 3.80. The summed E-state index contributed by atoms with van der Waals surface area (Å²) >= 11 is 0. The van der Waals surface area contributed by atoms with Crippen LogP contribution in [0, 0.1) is 5.82 Å². The van der Waals surface area contributed by atoms with Gasteiger partial charge in [0.2, 0.25) is 11.8 Å². The van der Waals surface area contributed by atoms with Crippen LogP contribution in [0.3, 0.4) is 0 Å². The molecular weight excluding hydrogens is 780 g/mol. The van der Waals surface area contributed by atoms with Gasteiger partial charge < -0.3 is 23.8 Å². The van der Waals surface area contributed by atoms with E-state index in [1.54, 1.807) is 19.2 Å². The fourth-order valence-electron chi connectivity index (χ4n) is 8.15. The van der Waals surface area contributed by atoms with E-state index in [9.17, 15) is 4.79 Å². The third kappa shape index (κ3) is 9.54. The number of rotatable bonds is 16. The number of nitrogens with zero attached hydrogens (tertiary/aromatic N) is 5. The monoisotopic (exact) mass is 831 g/mol. The molecule has 0 unspecified atom stereocenters. The first kappa shape index (κ1) is 41.9. The molecule has 1 fully saturated rings. The topological polar surface area (TPSA) is 92.9 Å². The molecule has 1 aliphatic rings. The van der Waals surface area contributed by atoms with Gasteiger partial charge in [0, 0.05) is 37.8 Å². The fourth-order valence-corrected chi connectivity index (χ4v) is 8.15. The second kappa shape index (κ2) is 19.3. The van der Waals surface area contributed by atoms with E-state index >= 15 is 4.39 Å². The minimum absolute atomic E-state index is 0.205. The van der Waals surface area contributed by atoms with Crippen LogP contribution in [0.15, 0.2) is 138 Å². The van der Waals surface area contributed by atoms with Crippen LogP contribution in [0.2, 0.25) is 13.1 Å². The molecule has 3 heterocycles. The number of anilines is 1. The Morgan fingerprint density at radius 3 is 2.16 bits per heavy atom. The zero-order valence-electron chi connectivity index (χ0n) is 35.7. The number of hydrogen-bond acceptors (Lipinski definition) is 8. The molecule has 1 saturated heterocycles. The number of ether oxygens (including phenoxy) is 4. The van der Waals surface area contributed by atoms with Crippen LogP contribution in [-0.4, -0.2) is 46.2 Å². The molecule has 10 nitrogen and oxygen atoms in total. The highest BCUT2D eigenvalue weighted by Gasteiger charge is 2.24. The third-order valence-electron chi connectivity index (χ3n) is 11.5. The zero-order chi connectivity index (χ0) is 43.0. The van der Waals surface area contributed by atoms with Gasteiger partial charge in [0.25, 0.3) is 0 Å². The van der Waals surface area contributed by atoms with Gasteiger partial charge >= 0.3 is 11.7 Å². The van der Waals surface area contributed by atoms with Crippen molar-refractivity contribution in [2.24, 2.45) is 7.05 Å². The van der Waals surface area contributed by atoms with Crippen molar-refractivity contribution in [2.45, 2.75) is 58.5 Å². The van der Waals surface area contributed by atoms with Crippen molar-refractivity contribution in [1.29, 1.82) is 0 Å². The second-order valence-electron chi connectivity index (χ2n) is 15.8. The Morgan fingerprint density at radius 2 is 1.50 bits per heavy atom. The summed E-state index contributed by atoms with van der Waals surface area (Å²) in [5.41, 5.74) is 6.58. The molecule has 62 heavy (non-hydrogen) atoms. The number of benzene rings is 5. The Morgan fingerprint density at radius 1 is 0.806 bits per heavy atom. The summed E-state index contributed by atoms with van der Waals surface area (Å²) in [4.78, 5) is 19.8. The number of aryl methyl sites for hydroxylation is 1. The summed E-state index contributed by atoms with van der Waals surface area (Å²) in [6, 6.07) is 43.2. The van der Waals surface area contributed by atoms with Gasteiger partial charge in [-0.2, -0.15) is 4.98 Å². The first-order valence-corrected chi connectivity index (χ1v) is 21.3. The second-order valence-corrected chi connectivity index (χ2v) is 15.8. The first-order valence-electron chi connectivity index (χ1n) is 21.3. The largest absolute Gasteiger partial charge is 0.473 e. The normalized spacial score (nSPS) is 12.9. The average Bonchev–Trinajstić information content (AvgIpc) is 3.60. The van der Waals surface area contributed by atoms with Crippen molar-refractivity contribution in [1.82, 2.24) is 19.3 Å². The minimum atomic E-state index is -0.305. The molecule has 0 bridgehead atoms. The lowest BCUT2D eigenvalue weighted by molar-refractivity contribution is 0.268. The molecule has 2 aromatic heterocycles. The summed E-state index contributed by atoms with van der Waals surface area (Å²) < 4.78 is 43.0. The van der Waals surface area contributed by atoms with E-state index in [1.807, 2.05) is 109 Å². The molecule has 7 aromatic rings. The van der Waals surface area contributed by atoms with Crippen LogP contribution in [0.1, 0.15) is 48.8 Å². The van der Waals surface area contributed by atoms with Gasteiger partial charge in [0.15, 0.2) is 6.71 Å². The Labute approximate surface area is 362 Å². The maximum absolute atomic E-state index is 16.1. The van der Waals surface area contributed by atoms with Crippen LogP contribution in [0.5, 0.6) is 29.3 Å². The Hall–Kier alpha value is -6.82. The molecule has 12 heteroatoms. The van der Waals surface area contributed by atoms with E-state index in [2.05, 4.69) is 35.9 Å². The van der Waals surface area contributed by atoms with Crippen molar-refractivity contribution in [3.63, 3.8) is 0 Å². The van der Waals surface area contributed by atoms with Gasteiger partial charge in [-0.05, 0) is 82.9 Å². The predicted molar refractivity (Wildman–Crippen MR) is 244 cm³/mol. The summed E-state index contributed by atoms with van der Waals surface area (Å²) in [5.74, 6) is 2.25. The molecule has 0 radical (unpaired) electrons. The van der Waals surface area contributed by atoms with Gasteiger partial charge in [-0.25, -0.2) is 18.4 Å². The first-order chi connectivity index (χ1) is 30.3. The van der Waals surface area contributed by atoms with E-state index in [1.165, 1.54) is 21.9 Å². The van der Waals surface area contributed by atoms with Crippen LogP contribution in [0.4, 0.5) is 10.1 Å². The maximum Gasteiger partial charge on any atom is 0.353 e. The van der Waals surface area contributed by atoms with Gasteiger partial charge in [0.05, 0.1) is 18.5 Å². The van der Waals surface area contributed by atoms with Gasteiger partial charge in [0.1, 0.15) is 30.5 Å². The molecule has 0 spiro atoms. The van der Waals surface area contributed by atoms with E-state index < -0.39 is 0 Å². The predicted octanol–water partition coefficient (Wildman–Crippen LogP) is 9.86. The Balaban J connectivity index is 0.941. The molecule has 316 valence electrons. The van der Waals surface area contributed by atoms with Crippen molar-refractivity contribution >= 4 is 17.9 Å². The molecule has 0 saturated carbocycles. The summed E-state index contributed by atoms with van der Waals surface area (Å²) in [6.45, 7) is 6.75. The standard InChI is InChI=1S/C50H51BFN5O5/c1-5-28-51(2)43-23-19-40(57-49(59-4)54-55(3)50(57)58)32-46(43)62-41-20-16-37(17-21-41)38-26-29-56(30-27-38)45-24-18-39(31-44(45)52)42-22-25-47(60-33-35-12-8-6-9-13-35)53-48(42)61-34-36-14-10-7-11-15-36/h6-25,31-32,38H,5,26-30,33-34H2,1-4H3. The van der Waals surface area contributed by atoms with Gasteiger partial charge in [-0.15, -0.1) is 5.10 Å². The molecule has 8 rings (SSSR count). The number of pyridine rings is 1. The lowest BCUT2D eigenvalue weighted by Gasteiger charge is -2.34. The zero-order valence-corrected chi connectivity index (χ0v) is 35.7. The highest BCUT2D eigenvalue weighted by Crippen LogP contribution is 2.37. The number of halogens is 1. The molecule has 5 aromatic carbocycles. The minimum Gasteiger partial charge on any atom is -0.473 e. The number of methoxy groups -OCH3 is 1. The van der Waals surface area contributed by atoms with Crippen molar-refractivity contribution in [3.8, 4) is 46.1 Å². The fraction of sp³-hybridized carbons (Fsp3) is 0.260. The molecule has 0 N–H and O–H groups in total. The van der Waals surface area contributed by atoms with Gasteiger partial charge in [-0.3, -0.25) is 0 Å². The number of piperidine rings is 1. The third-order valence-corrected chi connectivity index (χ3v) is 11.5. The highest BCUT2D eigenvalue weighted by atomic mass is 19.1. The van der Waals surface area contributed by atoms with E-state index in [4.69, 9.17) is 23.9 Å². The maximum atomic E-state index is 16.1. The summed E-state index contributed by atoms with van der Waals surface area (Å²) in [5, 5.41) is 4.20. The molecule has 1 aliphatic heterocycles. The van der Waals surface area contributed by atoms with Crippen LogP contribution < -0.4 is 35.0 Å². The molecule has 0 aliphatic carbocycles. The quantitative estimate of drug-likeness (QED) is 0.0890. The Bertz CT molecular complexity index is 2650. The Kier molecular flexibility index (Phi) is 13.0. The SMILES string of the molecule is CCCB(C)c1ccc(-n2c(OC)nn(C)c2=O)cc1Oc1ccc(C2CCN(c3ccc(-c4ccc(OCc5ccccc5)nc4OCc4ccccc4)cc3F)CC2)cc1. The van der Waals surface area contributed by atoms with E-state index in [0.29, 0.717) is 64.9 Å². The highest BCUT2D eigenvalue weighted by molar-refractivity contribution is 6.72. The molecule has 0 amide bonds. The van der Waals surface area contributed by atoms with E-state index in [0.717, 1.165) is 55.3 Å². The van der Waals surface area contributed by atoms with Crippen LogP contribution in [-0.2, 0) is 20.3 Å². The van der Waals surface area contributed by atoms with Crippen molar-refractivity contribution in [2.75, 3.05) is 25.1 Å². The number of hydrogen-bond donors (Lipinski definition) is 0. The average molecular weight is 832 g/mol. The lowest BCUT2D eigenvalue weighted by atomic mass is 9.44. The van der Waals surface area contributed by atoms with E-state index in [-0.39, 0.29) is 24.2 Å². The lowest BCUT2D eigenvalue weighted by Crippen LogP contribution is -2.33. The molecular formula is C50H51BFN5O5. The van der Waals surface area contributed by atoms with Gasteiger partial charge in [-0.1, -0.05) is 111 Å².